The van der Waals surface area contributed by atoms with Crippen LogP contribution in [0, 0.1) is 11.3 Å². The first-order valence-electron chi connectivity index (χ1n) is 6.34. The van der Waals surface area contributed by atoms with Gasteiger partial charge in [-0.25, -0.2) is 4.98 Å². The molecule has 108 valence electrons. The molecule has 21 heavy (non-hydrogen) atoms. The van der Waals surface area contributed by atoms with E-state index in [1.165, 1.54) is 11.3 Å². The van der Waals surface area contributed by atoms with E-state index in [0.717, 1.165) is 6.54 Å². The molecular weight excluding hydrogens is 286 g/mol. The lowest BCUT2D eigenvalue weighted by Gasteiger charge is -2.10. The number of carbonyl (C=O) groups is 1. The molecule has 1 heterocycles. The zero-order valence-electron chi connectivity index (χ0n) is 11.8. The number of nitrogens with zero attached hydrogens (tertiary/aromatic N) is 3. The average molecular weight is 301 g/mol. The van der Waals surface area contributed by atoms with Gasteiger partial charge in [-0.15, -0.1) is 0 Å². The summed E-state index contributed by atoms with van der Waals surface area (Å²) in [5.74, 6) is -0.111. The molecule has 0 spiro atoms. The van der Waals surface area contributed by atoms with Crippen molar-refractivity contribution in [2.24, 2.45) is 0 Å². The summed E-state index contributed by atoms with van der Waals surface area (Å²) in [6.07, 6.45) is 0. The van der Waals surface area contributed by atoms with Crippen LogP contribution in [0.5, 0.6) is 0 Å². The van der Waals surface area contributed by atoms with Crippen molar-refractivity contribution in [2.75, 3.05) is 29.5 Å². The molecule has 0 aliphatic rings. The van der Waals surface area contributed by atoms with Crippen LogP contribution in [-0.2, 0) is 0 Å². The Bertz CT molecular complexity index is 704. The van der Waals surface area contributed by atoms with Gasteiger partial charge in [-0.1, -0.05) is 17.4 Å². The Morgan fingerprint density at radius 2 is 2.33 bits per heavy atom. The van der Waals surface area contributed by atoms with Gasteiger partial charge in [-0.05, 0) is 25.1 Å². The highest BCUT2D eigenvalue weighted by Crippen LogP contribution is 2.28. The minimum absolute atomic E-state index is 0.212. The first-order chi connectivity index (χ1) is 10.0. The minimum Gasteiger partial charge on any atom is -0.382 e. The van der Waals surface area contributed by atoms with Gasteiger partial charge in [0, 0.05) is 19.3 Å². The number of anilines is 3. The predicted molar refractivity (Wildman–Crippen MR) is 84.6 cm³/mol. The monoisotopic (exact) mass is 301 g/mol. The number of aromatic nitrogens is 1. The van der Waals surface area contributed by atoms with E-state index in [-0.39, 0.29) is 11.7 Å². The van der Waals surface area contributed by atoms with Crippen LogP contribution >= 0.6 is 11.3 Å². The van der Waals surface area contributed by atoms with Gasteiger partial charge in [0.1, 0.15) is 10.7 Å². The van der Waals surface area contributed by atoms with Gasteiger partial charge in [0.15, 0.2) is 5.13 Å². The van der Waals surface area contributed by atoms with Gasteiger partial charge in [-0.3, -0.25) is 4.79 Å². The van der Waals surface area contributed by atoms with Crippen molar-refractivity contribution in [1.82, 2.24) is 4.98 Å². The summed E-state index contributed by atoms with van der Waals surface area (Å²) in [6, 6.07) is 8.73. The maximum atomic E-state index is 12.2. The molecule has 3 N–H and O–H groups in total. The smallest absolute Gasteiger partial charge is 0.269 e. The first kappa shape index (κ1) is 14.8. The van der Waals surface area contributed by atoms with Crippen molar-refractivity contribution in [3.8, 4) is 6.07 Å². The van der Waals surface area contributed by atoms with E-state index in [9.17, 15) is 4.79 Å². The molecule has 0 radical (unpaired) electrons. The average Bonchev–Trinajstić information content (AvgIpc) is 2.88. The van der Waals surface area contributed by atoms with Gasteiger partial charge in [0.25, 0.3) is 5.91 Å². The number of nitriles is 1. The highest BCUT2D eigenvalue weighted by atomic mass is 32.1. The molecule has 0 bridgehead atoms. The van der Waals surface area contributed by atoms with Crippen LogP contribution in [0.1, 0.15) is 22.2 Å². The lowest BCUT2D eigenvalue weighted by atomic mass is 10.2. The fraction of sp³-hybridized carbons (Fsp3) is 0.214. The second kappa shape index (κ2) is 6.24. The molecule has 6 nitrogen and oxygen atoms in total. The summed E-state index contributed by atoms with van der Waals surface area (Å²) < 4.78 is 0. The molecule has 0 atom stereocenters. The van der Waals surface area contributed by atoms with Crippen molar-refractivity contribution < 1.29 is 4.79 Å². The number of benzene rings is 1. The number of nitrogen functional groups attached to an aromatic ring is 1. The standard InChI is InChI=1S/C14H15N5OS/c1-3-19(2)14-18-12(16)11(21-14)13(20)17-10-6-4-5-9(7-10)8-15/h4-7H,3,16H2,1-2H3,(H,17,20). The third kappa shape index (κ3) is 3.30. The molecule has 0 fully saturated rings. The zero-order valence-corrected chi connectivity index (χ0v) is 12.6. The molecule has 1 amide bonds. The number of thiazole rings is 1. The highest BCUT2D eigenvalue weighted by Gasteiger charge is 2.17. The van der Waals surface area contributed by atoms with Crippen molar-refractivity contribution in [3.05, 3.63) is 34.7 Å². The van der Waals surface area contributed by atoms with Gasteiger partial charge in [0.05, 0.1) is 11.6 Å². The van der Waals surface area contributed by atoms with Gasteiger partial charge in [-0.2, -0.15) is 5.26 Å². The van der Waals surface area contributed by atoms with Crippen LogP contribution in [0.4, 0.5) is 16.6 Å². The maximum absolute atomic E-state index is 12.2. The quantitative estimate of drug-likeness (QED) is 0.903. The van der Waals surface area contributed by atoms with Crippen molar-refractivity contribution >= 4 is 33.9 Å². The Morgan fingerprint density at radius 3 is 3.00 bits per heavy atom. The summed E-state index contributed by atoms with van der Waals surface area (Å²) >= 11 is 1.24. The molecule has 0 aliphatic heterocycles. The summed E-state index contributed by atoms with van der Waals surface area (Å²) in [6.45, 7) is 2.77. The number of rotatable bonds is 4. The van der Waals surface area contributed by atoms with Crippen molar-refractivity contribution in [3.63, 3.8) is 0 Å². The molecule has 0 saturated heterocycles. The molecule has 0 unspecified atom stereocenters. The number of nitrogens with two attached hydrogens (primary N) is 1. The Hall–Kier alpha value is -2.59. The summed E-state index contributed by atoms with van der Waals surface area (Å²) in [7, 11) is 1.89. The number of carbonyl (C=O) groups excluding carboxylic acids is 1. The predicted octanol–water partition coefficient (Wildman–Crippen LogP) is 2.31. The normalized spacial score (nSPS) is 9.95. The van der Waals surface area contributed by atoms with Crippen molar-refractivity contribution in [1.29, 1.82) is 5.26 Å². The third-order valence-electron chi connectivity index (χ3n) is 2.90. The number of hydrogen-bond donors (Lipinski definition) is 2. The van der Waals surface area contributed by atoms with Crippen LogP contribution in [-0.4, -0.2) is 24.5 Å². The Balaban J connectivity index is 2.20. The first-order valence-corrected chi connectivity index (χ1v) is 7.15. The van der Waals surface area contributed by atoms with E-state index in [2.05, 4.69) is 10.3 Å². The van der Waals surface area contributed by atoms with E-state index in [1.807, 2.05) is 24.9 Å². The second-order valence-electron chi connectivity index (χ2n) is 4.37. The highest BCUT2D eigenvalue weighted by molar-refractivity contribution is 7.18. The fourth-order valence-electron chi connectivity index (χ4n) is 1.64. The number of amides is 1. The zero-order chi connectivity index (χ0) is 15.4. The second-order valence-corrected chi connectivity index (χ2v) is 5.35. The molecule has 1 aromatic carbocycles. The molecule has 7 heteroatoms. The molecule has 1 aromatic heterocycles. The Morgan fingerprint density at radius 1 is 1.57 bits per heavy atom. The molecule has 2 aromatic rings. The van der Waals surface area contributed by atoms with Gasteiger partial charge < -0.3 is 16.0 Å². The van der Waals surface area contributed by atoms with Crippen LogP contribution < -0.4 is 16.0 Å². The van der Waals surface area contributed by atoms with E-state index >= 15 is 0 Å². The van der Waals surface area contributed by atoms with Crippen LogP contribution in [0.25, 0.3) is 0 Å². The van der Waals surface area contributed by atoms with Crippen LogP contribution in [0.2, 0.25) is 0 Å². The Kier molecular flexibility index (Phi) is 4.40. The topological polar surface area (TPSA) is 95.0 Å². The number of hydrogen-bond acceptors (Lipinski definition) is 6. The SMILES string of the molecule is CCN(C)c1nc(N)c(C(=O)Nc2cccc(C#N)c2)s1. The van der Waals surface area contributed by atoms with Gasteiger partial charge in [0.2, 0.25) is 0 Å². The molecule has 2 rings (SSSR count). The third-order valence-corrected chi connectivity index (χ3v) is 4.08. The molecule has 0 aliphatic carbocycles. The van der Waals surface area contributed by atoms with E-state index < -0.39 is 0 Å². The van der Waals surface area contributed by atoms with Crippen LogP contribution in [0.3, 0.4) is 0 Å². The summed E-state index contributed by atoms with van der Waals surface area (Å²) in [5.41, 5.74) is 6.84. The van der Waals surface area contributed by atoms with Gasteiger partial charge >= 0.3 is 0 Å². The molecular formula is C14H15N5OS. The maximum Gasteiger partial charge on any atom is 0.269 e. The fourth-order valence-corrected chi connectivity index (χ4v) is 2.54. The molecule has 0 saturated carbocycles. The van der Waals surface area contributed by atoms with Crippen molar-refractivity contribution in [2.45, 2.75) is 6.92 Å². The van der Waals surface area contributed by atoms with E-state index in [4.69, 9.17) is 11.0 Å². The largest absolute Gasteiger partial charge is 0.382 e. The van der Waals surface area contributed by atoms with E-state index in [1.54, 1.807) is 24.3 Å². The minimum atomic E-state index is -0.323. The lowest BCUT2D eigenvalue weighted by Crippen LogP contribution is -2.15. The lowest BCUT2D eigenvalue weighted by molar-refractivity contribution is 0.103. The summed E-state index contributed by atoms with van der Waals surface area (Å²) in [4.78, 5) is 18.7. The van der Waals surface area contributed by atoms with Crippen LogP contribution in [0.15, 0.2) is 24.3 Å². The number of nitrogens with one attached hydrogen (secondary N) is 1. The van der Waals surface area contributed by atoms with E-state index in [0.29, 0.717) is 21.3 Å². The summed E-state index contributed by atoms with van der Waals surface area (Å²) in [5, 5.41) is 12.3. The Labute approximate surface area is 126 Å².